The molecule has 1 saturated heterocycles. The third kappa shape index (κ3) is 4.91. The molecule has 3 N–H and O–H groups in total. The van der Waals surface area contributed by atoms with Crippen LogP contribution in [0.4, 0.5) is 5.69 Å². The second kappa shape index (κ2) is 7.14. The van der Waals surface area contributed by atoms with Crippen LogP contribution in [-0.2, 0) is 16.0 Å². The Morgan fingerprint density at radius 1 is 1.37 bits per heavy atom. The maximum Gasteiger partial charge on any atom is 0.220 e. The zero-order valence-corrected chi connectivity index (χ0v) is 11.2. The van der Waals surface area contributed by atoms with Gasteiger partial charge < -0.3 is 15.8 Å². The molecule has 4 heteroatoms. The number of nitrogens with two attached hydrogens (primary N) is 1. The molecular weight excluding hydrogens is 240 g/mol. The van der Waals surface area contributed by atoms with Gasteiger partial charge in [0, 0.05) is 31.9 Å². The van der Waals surface area contributed by atoms with Crippen molar-refractivity contribution in [2.75, 3.05) is 25.5 Å². The van der Waals surface area contributed by atoms with E-state index in [1.54, 1.807) is 0 Å². The van der Waals surface area contributed by atoms with E-state index in [1.165, 1.54) is 0 Å². The van der Waals surface area contributed by atoms with Crippen molar-refractivity contribution in [1.29, 1.82) is 0 Å². The minimum Gasteiger partial charge on any atom is -0.399 e. The Hall–Kier alpha value is -1.55. The fraction of sp³-hybridized carbons (Fsp3) is 0.533. The van der Waals surface area contributed by atoms with Crippen LogP contribution in [0.3, 0.4) is 0 Å². The second-order valence-corrected chi connectivity index (χ2v) is 5.10. The number of benzene rings is 1. The lowest BCUT2D eigenvalue weighted by Gasteiger charge is -2.22. The van der Waals surface area contributed by atoms with Crippen molar-refractivity contribution in [2.24, 2.45) is 5.92 Å². The fourth-order valence-corrected chi connectivity index (χ4v) is 2.30. The third-order valence-electron chi connectivity index (χ3n) is 3.52. The van der Waals surface area contributed by atoms with Crippen LogP contribution in [0.2, 0.25) is 0 Å². The largest absolute Gasteiger partial charge is 0.399 e. The van der Waals surface area contributed by atoms with Gasteiger partial charge in [0.1, 0.15) is 0 Å². The topological polar surface area (TPSA) is 64.4 Å². The number of carbonyl (C=O) groups excluding carboxylic acids is 1. The van der Waals surface area contributed by atoms with E-state index in [4.69, 9.17) is 10.5 Å². The summed E-state index contributed by atoms with van der Waals surface area (Å²) >= 11 is 0. The van der Waals surface area contributed by atoms with E-state index in [0.29, 0.717) is 12.3 Å². The Balaban J connectivity index is 1.66. The lowest BCUT2D eigenvalue weighted by atomic mass is 10.0. The summed E-state index contributed by atoms with van der Waals surface area (Å²) in [6, 6.07) is 7.70. The highest BCUT2D eigenvalue weighted by Crippen LogP contribution is 2.13. The molecule has 19 heavy (non-hydrogen) atoms. The number of nitrogen functional groups attached to an aromatic ring is 1. The Morgan fingerprint density at radius 2 is 2.16 bits per heavy atom. The van der Waals surface area contributed by atoms with Gasteiger partial charge in [0.15, 0.2) is 0 Å². The van der Waals surface area contributed by atoms with E-state index in [0.717, 1.165) is 50.3 Å². The molecule has 1 aliphatic rings. The summed E-state index contributed by atoms with van der Waals surface area (Å²) in [6.07, 6.45) is 3.36. The van der Waals surface area contributed by atoms with E-state index in [-0.39, 0.29) is 5.91 Å². The predicted octanol–water partition coefficient (Wildman–Crippen LogP) is 1.74. The average Bonchev–Trinajstić information content (AvgIpc) is 2.44. The van der Waals surface area contributed by atoms with Crippen molar-refractivity contribution in [3.63, 3.8) is 0 Å². The van der Waals surface area contributed by atoms with Gasteiger partial charge in [-0.05, 0) is 42.9 Å². The minimum absolute atomic E-state index is 0.119. The monoisotopic (exact) mass is 262 g/mol. The molecule has 2 rings (SSSR count). The van der Waals surface area contributed by atoms with E-state index >= 15 is 0 Å². The van der Waals surface area contributed by atoms with Gasteiger partial charge in [-0.15, -0.1) is 0 Å². The fourth-order valence-electron chi connectivity index (χ4n) is 2.30. The molecule has 4 nitrogen and oxygen atoms in total. The number of carbonyl (C=O) groups is 1. The Labute approximate surface area is 114 Å². The second-order valence-electron chi connectivity index (χ2n) is 5.10. The van der Waals surface area contributed by atoms with Crippen LogP contribution in [0.1, 0.15) is 24.8 Å². The summed E-state index contributed by atoms with van der Waals surface area (Å²) in [5.74, 6) is 0.694. The Morgan fingerprint density at radius 3 is 2.89 bits per heavy atom. The summed E-state index contributed by atoms with van der Waals surface area (Å²) in [6.45, 7) is 2.42. The highest BCUT2D eigenvalue weighted by Gasteiger charge is 2.14. The Bertz CT molecular complexity index is 414. The number of nitrogens with one attached hydrogen (secondary N) is 1. The molecule has 0 aromatic heterocycles. The molecule has 0 saturated carbocycles. The van der Waals surface area contributed by atoms with Crippen molar-refractivity contribution in [3.05, 3.63) is 29.8 Å². The number of aryl methyl sites for hydroxylation is 1. The highest BCUT2D eigenvalue weighted by atomic mass is 16.5. The zero-order chi connectivity index (χ0) is 13.5. The predicted molar refractivity (Wildman–Crippen MR) is 75.7 cm³/mol. The molecule has 1 fully saturated rings. The molecule has 0 spiro atoms. The zero-order valence-electron chi connectivity index (χ0n) is 11.2. The van der Waals surface area contributed by atoms with Gasteiger partial charge in [-0.2, -0.15) is 0 Å². The van der Waals surface area contributed by atoms with E-state index < -0.39 is 0 Å². The summed E-state index contributed by atoms with van der Waals surface area (Å²) < 4.78 is 5.30. The van der Waals surface area contributed by atoms with E-state index in [1.807, 2.05) is 24.3 Å². The summed E-state index contributed by atoms with van der Waals surface area (Å²) in [4.78, 5) is 11.8. The van der Waals surface area contributed by atoms with Gasteiger partial charge in [0.05, 0.1) is 0 Å². The molecule has 1 heterocycles. The van der Waals surface area contributed by atoms with Crippen molar-refractivity contribution < 1.29 is 9.53 Å². The van der Waals surface area contributed by atoms with Gasteiger partial charge in [-0.25, -0.2) is 0 Å². The summed E-state index contributed by atoms with van der Waals surface area (Å²) in [5.41, 5.74) is 7.57. The molecular formula is C15H22N2O2. The van der Waals surface area contributed by atoms with Crippen molar-refractivity contribution in [3.8, 4) is 0 Å². The van der Waals surface area contributed by atoms with Gasteiger partial charge in [0.2, 0.25) is 5.91 Å². The maximum atomic E-state index is 11.8. The average molecular weight is 262 g/mol. The molecule has 104 valence electrons. The normalized spacial score (nSPS) is 16.2. The molecule has 1 aliphatic heterocycles. The number of ether oxygens (including phenoxy) is 1. The van der Waals surface area contributed by atoms with Crippen LogP contribution >= 0.6 is 0 Å². The van der Waals surface area contributed by atoms with Gasteiger partial charge in [-0.1, -0.05) is 12.1 Å². The van der Waals surface area contributed by atoms with Crippen LogP contribution < -0.4 is 11.1 Å². The maximum absolute atomic E-state index is 11.8. The molecule has 0 aliphatic carbocycles. The number of rotatable bonds is 5. The number of hydrogen-bond donors (Lipinski definition) is 2. The van der Waals surface area contributed by atoms with Crippen LogP contribution in [-0.4, -0.2) is 25.7 Å². The SMILES string of the molecule is Nc1cccc(CCC(=O)NCC2CCOCC2)c1. The minimum atomic E-state index is 0.119. The van der Waals surface area contributed by atoms with Crippen molar-refractivity contribution in [1.82, 2.24) is 5.32 Å². The first-order chi connectivity index (χ1) is 9.24. The van der Waals surface area contributed by atoms with Crippen LogP contribution in [0.25, 0.3) is 0 Å². The van der Waals surface area contributed by atoms with Gasteiger partial charge in [-0.3, -0.25) is 4.79 Å². The molecule has 1 aromatic rings. The smallest absolute Gasteiger partial charge is 0.220 e. The lowest BCUT2D eigenvalue weighted by molar-refractivity contribution is -0.121. The van der Waals surface area contributed by atoms with Crippen molar-refractivity contribution in [2.45, 2.75) is 25.7 Å². The molecule has 0 atom stereocenters. The molecule has 0 bridgehead atoms. The first-order valence-electron chi connectivity index (χ1n) is 6.93. The number of hydrogen-bond acceptors (Lipinski definition) is 3. The van der Waals surface area contributed by atoms with Gasteiger partial charge >= 0.3 is 0 Å². The summed E-state index contributed by atoms with van der Waals surface area (Å²) in [5, 5.41) is 3.01. The third-order valence-corrected chi connectivity index (χ3v) is 3.52. The van der Waals surface area contributed by atoms with Crippen molar-refractivity contribution >= 4 is 11.6 Å². The number of anilines is 1. The summed E-state index contributed by atoms with van der Waals surface area (Å²) in [7, 11) is 0. The van der Waals surface area contributed by atoms with Crippen LogP contribution in [0.5, 0.6) is 0 Å². The number of amides is 1. The van der Waals surface area contributed by atoms with Crippen LogP contribution in [0.15, 0.2) is 24.3 Å². The Kier molecular flexibility index (Phi) is 5.21. The van der Waals surface area contributed by atoms with Gasteiger partial charge in [0.25, 0.3) is 0 Å². The molecule has 0 unspecified atom stereocenters. The molecule has 0 radical (unpaired) electrons. The first-order valence-corrected chi connectivity index (χ1v) is 6.93. The lowest BCUT2D eigenvalue weighted by Crippen LogP contribution is -2.32. The standard InChI is InChI=1S/C15H22N2O2/c16-14-3-1-2-12(10-14)4-5-15(18)17-11-13-6-8-19-9-7-13/h1-3,10,13H,4-9,11,16H2,(H,17,18). The highest BCUT2D eigenvalue weighted by molar-refractivity contribution is 5.76. The first kappa shape index (κ1) is 13.9. The molecule has 1 amide bonds. The van der Waals surface area contributed by atoms with E-state index in [9.17, 15) is 4.79 Å². The van der Waals surface area contributed by atoms with E-state index in [2.05, 4.69) is 5.32 Å². The quantitative estimate of drug-likeness (QED) is 0.794. The van der Waals surface area contributed by atoms with Crippen LogP contribution in [0, 0.1) is 5.92 Å². The molecule has 1 aromatic carbocycles.